The summed E-state index contributed by atoms with van der Waals surface area (Å²) in [4.78, 5) is 79.3. The largest absolute Gasteiger partial charge is 0.508 e. The number of piperidine rings is 1. The lowest BCUT2D eigenvalue weighted by atomic mass is 9.85. The lowest BCUT2D eigenvalue weighted by molar-refractivity contribution is -0.145. The second-order valence-corrected chi connectivity index (χ2v) is 13.6. The van der Waals surface area contributed by atoms with Crippen molar-refractivity contribution < 1.29 is 38.2 Å². The molecule has 0 radical (unpaired) electrons. The van der Waals surface area contributed by atoms with Crippen molar-refractivity contribution in [2.45, 2.75) is 92.4 Å². The maximum absolute atomic E-state index is 14.1. The highest BCUT2D eigenvalue weighted by molar-refractivity contribution is 6.38. The molecule has 2 rings (SSSR count). The number of methoxy groups -OCH3 is 1. The van der Waals surface area contributed by atoms with Gasteiger partial charge in [-0.05, 0) is 35.0 Å². The van der Waals surface area contributed by atoms with Crippen LogP contribution < -0.4 is 21.3 Å². The number of hydrogen-bond acceptors (Lipinski definition) is 8. The number of rotatable bonds is 14. The van der Waals surface area contributed by atoms with Crippen LogP contribution in [0.15, 0.2) is 12.7 Å². The van der Waals surface area contributed by atoms with Gasteiger partial charge in [-0.1, -0.05) is 67.9 Å². The number of urea groups is 1. The second kappa shape index (κ2) is 14.9. The number of nitrogens with zero attached hydrogens (tertiary/aromatic N) is 1. The Kier molecular flexibility index (Phi) is 12.4. The van der Waals surface area contributed by atoms with Crippen molar-refractivity contribution in [3.05, 3.63) is 12.7 Å². The molecule has 0 aromatic carbocycles. The van der Waals surface area contributed by atoms with Gasteiger partial charge in [-0.3, -0.25) is 19.2 Å². The van der Waals surface area contributed by atoms with Crippen molar-refractivity contribution in [2.24, 2.45) is 28.6 Å². The quantitative estimate of drug-likeness (QED) is 0.130. The molecule has 5 amide bonds. The summed E-state index contributed by atoms with van der Waals surface area (Å²) in [5, 5.41) is 10.8. The Labute approximate surface area is 260 Å². The molecule has 1 saturated carbocycles. The van der Waals surface area contributed by atoms with E-state index in [1.165, 1.54) is 18.1 Å². The van der Waals surface area contributed by atoms with Gasteiger partial charge in [0.15, 0.2) is 0 Å². The van der Waals surface area contributed by atoms with E-state index in [4.69, 9.17) is 4.74 Å². The van der Waals surface area contributed by atoms with Gasteiger partial charge >= 0.3 is 12.2 Å². The Bertz CT molecular complexity index is 1110. The summed E-state index contributed by atoms with van der Waals surface area (Å²) in [5.74, 6) is -2.68. The van der Waals surface area contributed by atoms with Crippen LogP contribution in [0.1, 0.15) is 68.2 Å². The van der Waals surface area contributed by atoms with E-state index in [1.807, 2.05) is 55.4 Å². The minimum Gasteiger partial charge on any atom is -0.438 e. The number of fused-ring (bicyclic) bond motifs is 1. The Balaban J connectivity index is 2.27. The summed E-state index contributed by atoms with van der Waals surface area (Å²) in [6, 6.07) is -4.11. The zero-order valence-electron chi connectivity index (χ0n) is 27.6. The van der Waals surface area contributed by atoms with Crippen molar-refractivity contribution in [3.8, 4) is 0 Å². The van der Waals surface area contributed by atoms with Crippen molar-refractivity contribution in [1.82, 2.24) is 26.2 Å². The molecule has 6 atom stereocenters. The van der Waals surface area contributed by atoms with E-state index in [-0.39, 0.29) is 42.7 Å². The fourth-order valence-corrected chi connectivity index (χ4v) is 5.81. The van der Waals surface area contributed by atoms with Gasteiger partial charge < -0.3 is 35.6 Å². The molecule has 0 spiro atoms. The number of carbonyl (C=O) groups is 6. The first-order chi connectivity index (χ1) is 20.4. The molecule has 248 valence electrons. The molecule has 0 aromatic heterocycles. The van der Waals surface area contributed by atoms with Gasteiger partial charge in [0.2, 0.25) is 17.6 Å². The molecule has 4 N–H and O–H groups in total. The van der Waals surface area contributed by atoms with Crippen molar-refractivity contribution >= 4 is 35.7 Å². The van der Waals surface area contributed by atoms with Crippen LogP contribution in [0.5, 0.6) is 0 Å². The molecule has 13 nitrogen and oxygen atoms in total. The number of carbonyl (C=O) groups excluding carboxylic acids is 6. The topological polar surface area (TPSA) is 172 Å². The average Bonchev–Trinajstić information content (AvgIpc) is 3.26. The van der Waals surface area contributed by atoms with E-state index >= 15 is 0 Å². The number of Topliss-reactive ketones (excluding diaryl/α,β-unsaturated/α-hetero) is 1. The van der Waals surface area contributed by atoms with Gasteiger partial charge in [0, 0.05) is 13.1 Å². The molecular formula is C31H51N5O8. The molecule has 2 aliphatic rings. The number of likely N-dealkylation sites (tertiary alicyclic amines) is 1. The molecule has 13 heteroatoms. The maximum Gasteiger partial charge on any atom is 0.508 e. The molecular weight excluding hydrogens is 570 g/mol. The fraction of sp³-hybridized carbons (Fsp3) is 0.742. The molecule has 44 heavy (non-hydrogen) atoms. The van der Waals surface area contributed by atoms with E-state index in [0.717, 1.165) is 0 Å². The highest BCUT2D eigenvalue weighted by Crippen LogP contribution is 2.65. The van der Waals surface area contributed by atoms with Gasteiger partial charge in [0.1, 0.15) is 18.7 Å². The van der Waals surface area contributed by atoms with Crippen LogP contribution in [-0.2, 0) is 28.7 Å². The van der Waals surface area contributed by atoms with Gasteiger partial charge in [-0.2, -0.15) is 0 Å². The number of hydrogen-bond donors (Lipinski definition) is 4. The minimum atomic E-state index is -1.04. The molecule has 1 saturated heterocycles. The zero-order valence-corrected chi connectivity index (χ0v) is 27.6. The van der Waals surface area contributed by atoms with Crippen LogP contribution in [0.3, 0.4) is 0 Å². The van der Waals surface area contributed by atoms with E-state index in [0.29, 0.717) is 13.0 Å². The highest BCUT2D eigenvalue weighted by Gasteiger charge is 2.69. The fourth-order valence-electron chi connectivity index (χ4n) is 5.81. The zero-order chi connectivity index (χ0) is 33.6. The van der Waals surface area contributed by atoms with Gasteiger partial charge in [0.25, 0.3) is 5.91 Å². The summed E-state index contributed by atoms with van der Waals surface area (Å²) in [6.07, 6.45) is 1.38. The SMILES string of the molecule is C=CCNC(=O)C(=O)C(CCC)NC(=O)[C@@H]1[C@@H]2[C@H](CN1C(=O)C(NC(=O)N[C@H](COC(=O)OC)C(C)C)C(C)(C)C)C2(C)C. The van der Waals surface area contributed by atoms with Crippen LogP contribution in [0.2, 0.25) is 0 Å². The molecule has 0 aromatic rings. The summed E-state index contributed by atoms with van der Waals surface area (Å²) in [7, 11) is 1.19. The summed E-state index contributed by atoms with van der Waals surface area (Å²) < 4.78 is 9.52. The first-order valence-electron chi connectivity index (χ1n) is 15.2. The number of amides is 5. The molecule has 2 fully saturated rings. The average molecular weight is 622 g/mol. The lowest BCUT2D eigenvalue weighted by Gasteiger charge is -2.38. The summed E-state index contributed by atoms with van der Waals surface area (Å²) in [6.45, 7) is 18.9. The minimum absolute atomic E-state index is 0.0636. The van der Waals surface area contributed by atoms with Crippen molar-refractivity contribution in [1.29, 1.82) is 0 Å². The first-order valence-corrected chi connectivity index (χ1v) is 15.2. The van der Waals surface area contributed by atoms with Crippen LogP contribution in [0.4, 0.5) is 9.59 Å². The van der Waals surface area contributed by atoms with E-state index in [9.17, 15) is 28.8 Å². The number of ketones is 1. The maximum atomic E-state index is 14.1. The normalized spacial score (nSPS) is 22.0. The third kappa shape index (κ3) is 8.72. The predicted octanol–water partition coefficient (Wildman–Crippen LogP) is 2.15. The third-order valence-electron chi connectivity index (χ3n) is 8.66. The summed E-state index contributed by atoms with van der Waals surface area (Å²) in [5.41, 5.74) is -0.936. The number of ether oxygens (including phenoxy) is 2. The smallest absolute Gasteiger partial charge is 0.438 e. The van der Waals surface area contributed by atoms with Gasteiger partial charge in [-0.15, -0.1) is 6.58 Å². The van der Waals surface area contributed by atoms with Gasteiger partial charge in [-0.25, -0.2) is 9.59 Å². The Morgan fingerprint density at radius 2 is 1.70 bits per heavy atom. The molecule has 2 unspecified atom stereocenters. The van der Waals surface area contributed by atoms with E-state index in [1.54, 1.807) is 0 Å². The Morgan fingerprint density at radius 1 is 1.07 bits per heavy atom. The standard InChI is InChI=1S/C31H51N5O8/c1-11-13-19(23(37)26(39)32-14-12-2)33-25(38)22-21-18(31(21,8)9)15-36(22)27(40)24(30(5,6)7)35-28(41)34-20(17(3)4)16-44-29(42)43-10/h12,17-22,24H,2,11,13-16H2,1,3-10H3,(H,32,39)(H,33,38)(H2,34,35,41)/t18-,19?,20+,21-,22-,24?/m0/s1. The van der Waals surface area contributed by atoms with Crippen LogP contribution in [-0.4, -0.2) is 91.6 Å². The Morgan fingerprint density at radius 3 is 2.23 bits per heavy atom. The number of nitrogens with one attached hydrogen (secondary N) is 4. The Hall–Kier alpha value is -3.64. The highest BCUT2D eigenvalue weighted by atomic mass is 16.7. The van der Waals surface area contributed by atoms with Crippen LogP contribution in [0, 0.1) is 28.6 Å². The van der Waals surface area contributed by atoms with Gasteiger partial charge in [0.05, 0.1) is 19.2 Å². The van der Waals surface area contributed by atoms with Crippen molar-refractivity contribution in [3.63, 3.8) is 0 Å². The second-order valence-electron chi connectivity index (χ2n) is 13.6. The third-order valence-corrected chi connectivity index (χ3v) is 8.66. The molecule has 1 aliphatic carbocycles. The lowest BCUT2D eigenvalue weighted by Crippen LogP contribution is -2.62. The van der Waals surface area contributed by atoms with E-state index in [2.05, 4.69) is 32.6 Å². The van der Waals surface area contributed by atoms with Crippen LogP contribution >= 0.6 is 0 Å². The monoisotopic (exact) mass is 621 g/mol. The first kappa shape index (κ1) is 36.6. The van der Waals surface area contributed by atoms with Crippen LogP contribution in [0.25, 0.3) is 0 Å². The van der Waals surface area contributed by atoms with Crippen molar-refractivity contribution in [2.75, 3.05) is 26.8 Å². The summed E-state index contributed by atoms with van der Waals surface area (Å²) >= 11 is 0. The molecule has 0 bridgehead atoms. The molecule has 1 aliphatic heterocycles. The molecule has 1 heterocycles. The predicted molar refractivity (Wildman–Crippen MR) is 163 cm³/mol. The van der Waals surface area contributed by atoms with E-state index < -0.39 is 65.3 Å².